The lowest BCUT2D eigenvalue weighted by molar-refractivity contribution is -0.116. The van der Waals surface area contributed by atoms with E-state index in [1.54, 1.807) is 12.3 Å². The van der Waals surface area contributed by atoms with Crippen molar-refractivity contribution in [2.75, 3.05) is 5.32 Å². The zero-order valence-electron chi connectivity index (χ0n) is 14.9. The topological polar surface area (TPSA) is 92.2 Å². The van der Waals surface area contributed by atoms with Crippen molar-refractivity contribution in [2.45, 2.75) is 19.8 Å². The molecule has 1 amide bonds. The second kappa shape index (κ2) is 7.57. The minimum atomic E-state index is -0.358. The Kier molecular flexibility index (Phi) is 4.97. The van der Waals surface area contributed by atoms with Gasteiger partial charge in [0.25, 0.3) is 5.56 Å². The number of rotatable bonds is 5. The summed E-state index contributed by atoms with van der Waals surface area (Å²) in [6.45, 7) is 1.59. The molecule has 0 saturated heterocycles. The first-order valence-corrected chi connectivity index (χ1v) is 9.84. The Morgan fingerprint density at radius 2 is 2.04 bits per heavy atom. The van der Waals surface area contributed by atoms with Crippen LogP contribution in [0.5, 0.6) is 0 Å². The van der Waals surface area contributed by atoms with Gasteiger partial charge in [0, 0.05) is 28.2 Å². The lowest BCUT2D eigenvalue weighted by atomic mass is 10.2. The number of amides is 1. The van der Waals surface area contributed by atoms with E-state index in [9.17, 15) is 9.59 Å². The number of hydrogen-bond acceptors (Lipinski definition) is 5. The van der Waals surface area contributed by atoms with E-state index in [1.807, 2.05) is 36.4 Å². The Labute approximate surface area is 169 Å². The summed E-state index contributed by atoms with van der Waals surface area (Å²) in [6, 6.07) is 11.5. The van der Waals surface area contributed by atoms with Crippen LogP contribution in [0.15, 0.2) is 46.6 Å². The van der Waals surface area contributed by atoms with Gasteiger partial charge in [0.15, 0.2) is 0 Å². The van der Waals surface area contributed by atoms with E-state index in [1.165, 1.54) is 15.9 Å². The van der Waals surface area contributed by atoms with E-state index in [0.29, 0.717) is 28.6 Å². The molecule has 9 heteroatoms. The highest BCUT2D eigenvalue weighted by molar-refractivity contribution is 7.15. The molecule has 4 aromatic rings. The normalized spacial score (nSPS) is 11.1. The molecule has 0 atom stereocenters. The van der Waals surface area contributed by atoms with Crippen molar-refractivity contribution in [3.05, 3.63) is 68.5 Å². The summed E-state index contributed by atoms with van der Waals surface area (Å²) in [5, 5.41) is 9.41. The highest BCUT2D eigenvalue weighted by atomic mass is 35.5. The molecule has 4 rings (SSSR count). The number of nitrogens with one attached hydrogen (secondary N) is 2. The quantitative estimate of drug-likeness (QED) is 0.522. The fourth-order valence-corrected chi connectivity index (χ4v) is 3.64. The molecule has 0 radical (unpaired) electrons. The maximum Gasteiger partial charge on any atom is 0.295 e. The molecule has 3 heterocycles. The maximum atomic E-state index is 12.3. The number of aryl methyl sites for hydroxylation is 2. The Balaban J connectivity index is 1.41. The minimum absolute atomic E-state index is 0.138. The van der Waals surface area contributed by atoms with Crippen molar-refractivity contribution in [2.24, 2.45) is 0 Å². The molecule has 0 aliphatic carbocycles. The zero-order valence-corrected chi connectivity index (χ0v) is 16.5. The number of benzene rings is 1. The Morgan fingerprint density at radius 3 is 2.82 bits per heavy atom. The number of fused-ring (bicyclic) bond motifs is 1. The summed E-state index contributed by atoms with van der Waals surface area (Å²) in [5.41, 5.74) is 2.91. The van der Waals surface area contributed by atoms with Crippen LogP contribution in [0.1, 0.15) is 17.8 Å². The molecule has 0 unspecified atom stereocenters. The molecule has 0 bridgehead atoms. The van der Waals surface area contributed by atoms with E-state index in [0.717, 1.165) is 17.0 Å². The molecule has 0 aliphatic heterocycles. The lowest BCUT2D eigenvalue weighted by Gasteiger charge is -2.04. The summed E-state index contributed by atoms with van der Waals surface area (Å²) in [7, 11) is 0. The lowest BCUT2D eigenvalue weighted by Crippen LogP contribution is -2.18. The van der Waals surface area contributed by atoms with E-state index in [-0.39, 0.29) is 17.2 Å². The standard InChI is InChI=1S/C19H16ClN5O2S/c1-11-18(27)23-19-25(24-11)16(10-28-19)22-17(26)9-7-14-6-8-15(21-14)12-2-4-13(20)5-3-12/h2-6,8,10,21H,7,9H2,1H3,(H,22,26). The van der Waals surface area contributed by atoms with Crippen LogP contribution in [0.25, 0.3) is 16.2 Å². The van der Waals surface area contributed by atoms with Gasteiger partial charge < -0.3 is 10.3 Å². The Hall–Kier alpha value is -2.97. The van der Waals surface area contributed by atoms with Crippen LogP contribution < -0.4 is 10.9 Å². The highest BCUT2D eigenvalue weighted by Crippen LogP contribution is 2.21. The first kappa shape index (κ1) is 18.4. The second-order valence-corrected chi connectivity index (χ2v) is 7.54. The van der Waals surface area contributed by atoms with Gasteiger partial charge in [0.05, 0.1) is 0 Å². The van der Waals surface area contributed by atoms with Crippen molar-refractivity contribution in [1.82, 2.24) is 19.6 Å². The van der Waals surface area contributed by atoms with Gasteiger partial charge in [-0.3, -0.25) is 9.59 Å². The number of aromatic nitrogens is 4. The van der Waals surface area contributed by atoms with Gasteiger partial charge in [-0.15, -0.1) is 11.3 Å². The molecule has 0 saturated carbocycles. The van der Waals surface area contributed by atoms with Crippen LogP contribution in [0, 0.1) is 6.92 Å². The number of hydrogen-bond donors (Lipinski definition) is 2. The fourth-order valence-electron chi connectivity index (χ4n) is 2.76. The van der Waals surface area contributed by atoms with Crippen LogP contribution in [-0.4, -0.2) is 25.5 Å². The predicted octanol–water partition coefficient (Wildman–Crippen LogP) is 3.68. The van der Waals surface area contributed by atoms with Crippen LogP contribution in [-0.2, 0) is 11.2 Å². The molecule has 0 spiro atoms. The summed E-state index contributed by atoms with van der Waals surface area (Å²) in [6.07, 6.45) is 0.881. The average molecular weight is 414 g/mol. The van der Waals surface area contributed by atoms with Gasteiger partial charge in [-0.05, 0) is 43.2 Å². The van der Waals surface area contributed by atoms with Gasteiger partial charge in [-0.2, -0.15) is 14.6 Å². The minimum Gasteiger partial charge on any atom is -0.358 e. The van der Waals surface area contributed by atoms with Crippen LogP contribution in [0.3, 0.4) is 0 Å². The number of nitrogens with zero attached hydrogens (tertiary/aromatic N) is 3. The average Bonchev–Trinajstić information content (AvgIpc) is 3.29. The molecule has 142 valence electrons. The first-order chi connectivity index (χ1) is 13.5. The molecule has 3 aromatic heterocycles. The van der Waals surface area contributed by atoms with E-state index >= 15 is 0 Å². The van der Waals surface area contributed by atoms with E-state index in [2.05, 4.69) is 20.4 Å². The van der Waals surface area contributed by atoms with E-state index < -0.39 is 0 Å². The molecule has 1 aromatic carbocycles. The number of anilines is 1. The summed E-state index contributed by atoms with van der Waals surface area (Å²) >= 11 is 7.17. The number of carbonyl (C=O) groups excluding carboxylic acids is 1. The smallest absolute Gasteiger partial charge is 0.295 e. The van der Waals surface area contributed by atoms with E-state index in [4.69, 9.17) is 11.6 Å². The van der Waals surface area contributed by atoms with Gasteiger partial charge in [0.2, 0.25) is 10.9 Å². The molecule has 0 aliphatic rings. The number of thiazole rings is 1. The van der Waals surface area contributed by atoms with Gasteiger partial charge in [0.1, 0.15) is 11.5 Å². The van der Waals surface area contributed by atoms with Crippen LogP contribution in [0.2, 0.25) is 5.02 Å². The predicted molar refractivity (Wildman–Crippen MR) is 110 cm³/mol. The summed E-state index contributed by atoms with van der Waals surface area (Å²) in [4.78, 5) is 31.6. The molecule has 2 N–H and O–H groups in total. The monoisotopic (exact) mass is 413 g/mol. The Bertz CT molecular complexity index is 1210. The van der Waals surface area contributed by atoms with Crippen LogP contribution >= 0.6 is 22.9 Å². The highest BCUT2D eigenvalue weighted by Gasteiger charge is 2.11. The van der Waals surface area contributed by atoms with Gasteiger partial charge >= 0.3 is 0 Å². The Morgan fingerprint density at radius 1 is 1.25 bits per heavy atom. The molecule has 28 heavy (non-hydrogen) atoms. The third-order valence-corrected chi connectivity index (χ3v) is 5.30. The van der Waals surface area contributed by atoms with Gasteiger partial charge in [-0.25, -0.2) is 0 Å². The first-order valence-electron chi connectivity index (χ1n) is 8.58. The summed E-state index contributed by atoms with van der Waals surface area (Å²) < 4.78 is 1.48. The molecular weight excluding hydrogens is 398 g/mol. The fraction of sp³-hybridized carbons (Fsp3) is 0.158. The largest absolute Gasteiger partial charge is 0.358 e. The SMILES string of the molecule is Cc1nn2c(NC(=O)CCc3ccc(-c4ccc(Cl)cc4)[nH]3)csc2nc1=O. The van der Waals surface area contributed by atoms with Crippen molar-refractivity contribution in [3.63, 3.8) is 0 Å². The van der Waals surface area contributed by atoms with Crippen LogP contribution in [0.4, 0.5) is 5.82 Å². The van der Waals surface area contributed by atoms with Crippen molar-refractivity contribution in [3.8, 4) is 11.3 Å². The molecular formula is C19H16ClN5O2S. The number of H-pyrrole nitrogens is 1. The number of aromatic amines is 1. The number of carbonyl (C=O) groups is 1. The number of halogens is 1. The summed E-state index contributed by atoms with van der Waals surface area (Å²) in [5.74, 6) is 0.370. The maximum absolute atomic E-state index is 12.3. The van der Waals surface area contributed by atoms with Crippen molar-refractivity contribution < 1.29 is 4.79 Å². The van der Waals surface area contributed by atoms with Crippen molar-refractivity contribution >= 4 is 39.6 Å². The van der Waals surface area contributed by atoms with Gasteiger partial charge in [-0.1, -0.05) is 23.7 Å². The molecule has 0 fully saturated rings. The third kappa shape index (κ3) is 3.83. The molecule has 7 nitrogen and oxygen atoms in total. The zero-order chi connectivity index (χ0) is 19.7. The van der Waals surface area contributed by atoms with Crippen molar-refractivity contribution in [1.29, 1.82) is 0 Å². The third-order valence-electron chi connectivity index (χ3n) is 4.23. The second-order valence-electron chi connectivity index (χ2n) is 6.27.